The minimum Gasteiger partial charge on any atom is -0.486 e. The first-order valence-electron chi connectivity index (χ1n) is 7.76. The van der Waals surface area contributed by atoms with E-state index in [4.69, 9.17) is 4.74 Å². The molecule has 0 heterocycles. The SMILES string of the molecule is CCNC(=O)CN=C(NCC)NCC(C)Oc1ccccc1F.I. The van der Waals surface area contributed by atoms with E-state index in [1.54, 1.807) is 18.2 Å². The number of likely N-dealkylation sites (N-methyl/N-ethyl adjacent to an activating group) is 1. The number of rotatable bonds is 8. The van der Waals surface area contributed by atoms with E-state index in [1.165, 1.54) is 6.07 Å². The Labute approximate surface area is 159 Å². The van der Waals surface area contributed by atoms with Crippen LogP contribution in [0.15, 0.2) is 29.3 Å². The van der Waals surface area contributed by atoms with Gasteiger partial charge in [0.1, 0.15) is 12.6 Å². The molecule has 0 aliphatic heterocycles. The van der Waals surface area contributed by atoms with Crippen molar-refractivity contribution in [3.05, 3.63) is 30.1 Å². The van der Waals surface area contributed by atoms with E-state index < -0.39 is 5.82 Å². The Bertz CT molecular complexity index is 529. The fourth-order valence-corrected chi connectivity index (χ4v) is 1.78. The number of aliphatic imine (C=N–C) groups is 1. The van der Waals surface area contributed by atoms with Crippen LogP contribution in [0.25, 0.3) is 0 Å². The van der Waals surface area contributed by atoms with Gasteiger partial charge in [0.25, 0.3) is 0 Å². The number of halogens is 2. The molecule has 1 aromatic carbocycles. The molecule has 0 aliphatic carbocycles. The number of ether oxygens (including phenoxy) is 1. The first-order chi connectivity index (χ1) is 11.1. The van der Waals surface area contributed by atoms with Crippen LogP contribution in [0.4, 0.5) is 4.39 Å². The molecule has 0 aromatic heterocycles. The van der Waals surface area contributed by atoms with Gasteiger partial charge in [0, 0.05) is 13.1 Å². The van der Waals surface area contributed by atoms with Crippen LogP contribution in [0, 0.1) is 5.82 Å². The summed E-state index contributed by atoms with van der Waals surface area (Å²) in [6, 6.07) is 6.27. The number of nitrogens with zero attached hydrogens (tertiary/aromatic N) is 1. The molecule has 0 radical (unpaired) electrons. The minimum absolute atomic E-state index is 0. The fourth-order valence-electron chi connectivity index (χ4n) is 1.78. The molecule has 0 bridgehead atoms. The number of carbonyl (C=O) groups is 1. The van der Waals surface area contributed by atoms with Gasteiger partial charge in [-0.15, -0.1) is 24.0 Å². The van der Waals surface area contributed by atoms with Crippen LogP contribution in [0.5, 0.6) is 5.75 Å². The van der Waals surface area contributed by atoms with Crippen LogP contribution in [0.2, 0.25) is 0 Å². The van der Waals surface area contributed by atoms with Crippen molar-refractivity contribution in [2.75, 3.05) is 26.2 Å². The summed E-state index contributed by atoms with van der Waals surface area (Å²) in [4.78, 5) is 15.6. The molecule has 1 amide bonds. The van der Waals surface area contributed by atoms with Crippen LogP contribution in [0.3, 0.4) is 0 Å². The number of guanidine groups is 1. The van der Waals surface area contributed by atoms with Crippen LogP contribution < -0.4 is 20.7 Å². The van der Waals surface area contributed by atoms with Gasteiger partial charge < -0.3 is 20.7 Å². The summed E-state index contributed by atoms with van der Waals surface area (Å²) in [5.74, 6) is 0.199. The zero-order chi connectivity index (χ0) is 17.1. The monoisotopic (exact) mass is 452 g/mol. The second-order valence-electron chi connectivity index (χ2n) is 4.89. The van der Waals surface area contributed by atoms with E-state index in [2.05, 4.69) is 20.9 Å². The number of benzene rings is 1. The van der Waals surface area contributed by atoms with Crippen molar-refractivity contribution in [2.45, 2.75) is 26.9 Å². The van der Waals surface area contributed by atoms with Crippen LogP contribution in [-0.2, 0) is 4.79 Å². The minimum atomic E-state index is -0.392. The summed E-state index contributed by atoms with van der Waals surface area (Å²) in [5, 5.41) is 8.79. The molecule has 0 aliphatic rings. The summed E-state index contributed by atoms with van der Waals surface area (Å²) in [7, 11) is 0. The predicted octanol–water partition coefficient (Wildman–Crippen LogP) is 1.90. The Morgan fingerprint density at radius 1 is 1.21 bits per heavy atom. The Kier molecular flexibility index (Phi) is 12.0. The van der Waals surface area contributed by atoms with E-state index in [1.807, 2.05) is 20.8 Å². The zero-order valence-electron chi connectivity index (χ0n) is 14.3. The standard InChI is InChI=1S/C16H25FN4O2.HI/c1-4-18-15(22)11-21-16(19-5-2)20-10-12(3)23-14-9-7-6-8-13(14)17;/h6-9,12H,4-5,10-11H2,1-3H3,(H,18,22)(H2,19,20,21);1H. The van der Waals surface area contributed by atoms with Crippen molar-refractivity contribution >= 4 is 35.8 Å². The molecule has 1 rings (SSSR count). The van der Waals surface area contributed by atoms with Crippen molar-refractivity contribution in [2.24, 2.45) is 4.99 Å². The van der Waals surface area contributed by atoms with E-state index in [0.29, 0.717) is 25.6 Å². The lowest BCUT2D eigenvalue weighted by Crippen LogP contribution is -2.42. The van der Waals surface area contributed by atoms with Crippen LogP contribution >= 0.6 is 24.0 Å². The topological polar surface area (TPSA) is 74.8 Å². The zero-order valence-corrected chi connectivity index (χ0v) is 16.6. The molecule has 1 aromatic rings. The third-order valence-corrected chi connectivity index (χ3v) is 2.82. The number of hydrogen-bond acceptors (Lipinski definition) is 3. The Hall–Kier alpha value is -1.58. The van der Waals surface area contributed by atoms with E-state index in [9.17, 15) is 9.18 Å². The maximum atomic E-state index is 13.5. The summed E-state index contributed by atoms with van der Waals surface area (Å²) < 4.78 is 19.1. The molecule has 0 saturated heterocycles. The van der Waals surface area contributed by atoms with Gasteiger partial charge in [-0.25, -0.2) is 9.38 Å². The van der Waals surface area contributed by atoms with Gasteiger partial charge in [0.05, 0.1) is 6.54 Å². The molecular weight excluding hydrogens is 426 g/mol. The van der Waals surface area contributed by atoms with Gasteiger partial charge in [-0.05, 0) is 32.9 Å². The van der Waals surface area contributed by atoms with Crippen LogP contribution in [-0.4, -0.2) is 44.1 Å². The first kappa shape index (κ1) is 22.4. The Morgan fingerprint density at radius 3 is 2.50 bits per heavy atom. The summed E-state index contributed by atoms with van der Waals surface area (Å²) in [5.41, 5.74) is 0. The highest BCUT2D eigenvalue weighted by Crippen LogP contribution is 2.16. The second-order valence-corrected chi connectivity index (χ2v) is 4.89. The number of carbonyl (C=O) groups excluding carboxylic acids is 1. The third-order valence-electron chi connectivity index (χ3n) is 2.82. The molecule has 0 saturated carbocycles. The smallest absolute Gasteiger partial charge is 0.241 e. The molecule has 3 N–H and O–H groups in total. The Morgan fingerprint density at radius 2 is 1.88 bits per heavy atom. The molecule has 0 fully saturated rings. The van der Waals surface area contributed by atoms with Gasteiger partial charge in [-0.3, -0.25) is 4.79 Å². The summed E-state index contributed by atoms with van der Waals surface area (Å²) >= 11 is 0. The lowest BCUT2D eigenvalue weighted by atomic mass is 10.3. The van der Waals surface area contributed by atoms with Crippen molar-refractivity contribution in [1.29, 1.82) is 0 Å². The molecular formula is C16H26FIN4O2. The number of hydrogen-bond donors (Lipinski definition) is 3. The molecule has 24 heavy (non-hydrogen) atoms. The number of para-hydroxylation sites is 1. The van der Waals surface area contributed by atoms with Crippen LogP contribution in [0.1, 0.15) is 20.8 Å². The quantitative estimate of drug-likeness (QED) is 0.320. The fraction of sp³-hybridized carbons (Fsp3) is 0.500. The average Bonchev–Trinajstić information content (AvgIpc) is 2.52. The number of nitrogens with one attached hydrogen (secondary N) is 3. The predicted molar refractivity (Wildman–Crippen MR) is 105 cm³/mol. The highest BCUT2D eigenvalue weighted by Gasteiger charge is 2.09. The second kappa shape index (κ2) is 12.8. The van der Waals surface area contributed by atoms with E-state index in [-0.39, 0.29) is 48.3 Å². The molecule has 136 valence electrons. The lowest BCUT2D eigenvalue weighted by Gasteiger charge is -2.18. The van der Waals surface area contributed by atoms with Crippen molar-refractivity contribution < 1.29 is 13.9 Å². The Balaban J connectivity index is 0.00000529. The highest BCUT2D eigenvalue weighted by atomic mass is 127. The lowest BCUT2D eigenvalue weighted by molar-refractivity contribution is -0.119. The number of amides is 1. The van der Waals surface area contributed by atoms with Crippen molar-refractivity contribution in [1.82, 2.24) is 16.0 Å². The summed E-state index contributed by atoms with van der Waals surface area (Å²) in [6.07, 6.45) is -0.264. The summed E-state index contributed by atoms with van der Waals surface area (Å²) in [6.45, 7) is 7.33. The molecule has 0 spiro atoms. The van der Waals surface area contributed by atoms with Gasteiger partial charge >= 0.3 is 0 Å². The molecule has 6 nitrogen and oxygen atoms in total. The average molecular weight is 452 g/mol. The molecule has 1 unspecified atom stereocenters. The maximum absolute atomic E-state index is 13.5. The molecule has 1 atom stereocenters. The van der Waals surface area contributed by atoms with Gasteiger partial charge in [0.15, 0.2) is 17.5 Å². The maximum Gasteiger partial charge on any atom is 0.241 e. The van der Waals surface area contributed by atoms with Crippen molar-refractivity contribution in [3.8, 4) is 5.75 Å². The largest absolute Gasteiger partial charge is 0.486 e. The van der Waals surface area contributed by atoms with E-state index >= 15 is 0 Å². The van der Waals surface area contributed by atoms with Gasteiger partial charge in [-0.2, -0.15) is 0 Å². The molecule has 8 heteroatoms. The third kappa shape index (κ3) is 8.90. The van der Waals surface area contributed by atoms with Crippen molar-refractivity contribution in [3.63, 3.8) is 0 Å². The first-order valence-corrected chi connectivity index (χ1v) is 7.76. The highest BCUT2D eigenvalue weighted by molar-refractivity contribution is 14.0. The van der Waals surface area contributed by atoms with Gasteiger partial charge in [0.2, 0.25) is 5.91 Å². The van der Waals surface area contributed by atoms with Gasteiger partial charge in [-0.1, -0.05) is 12.1 Å². The van der Waals surface area contributed by atoms with E-state index in [0.717, 1.165) is 0 Å². The normalized spacial score (nSPS) is 11.9.